The van der Waals surface area contributed by atoms with Crippen LogP contribution < -0.4 is 11.1 Å². The molecule has 0 spiro atoms. The molecule has 1 aliphatic rings. The molecule has 1 saturated carbocycles. The second-order valence-corrected chi connectivity index (χ2v) is 7.56. The number of carbonyl (C=O) groups is 1. The Bertz CT molecular complexity index is 472. The van der Waals surface area contributed by atoms with E-state index in [-0.39, 0.29) is 29.6 Å². The second-order valence-electron chi connectivity index (χ2n) is 6.50. The third-order valence-electron chi connectivity index (χ3n) is 3.82. The molecule has 0 saturated heterocycles. The fourth-order valence-electron chi connectivity index (χ4n) is 2.59. The zero-order valence-electron chi connectivity index (χ0n) is 12.9. The van der Waals surface area contributed by atoms with Crippen molar-refractivity contribution in [3.63, 3.8) is 0 Å². The van der Waals surface area contributed by atoms with E-state index >= 15 is 0 Å². The number of carbonyl (C=O) groups excluding carboxylic acids is 1. The summed E-state index contributed by atoms with van der Waals surface area (Å²) in [6.07, 6.45) is 3.13. The molecule has 0 radical (unpaired) electrons. The predicted molar refractivity (Wildman–Crippen MR) is 87.6 cm³/mol. The molecule has 0 aliphatic heterocycles. The van der Waals surface area contributed by atoms with Gasteiger partial charge in [0, 0.05) is 11.3 Å². The SMILES string of the molecule is CC(C)(C)c1nnc(CNC(=O)[C@@H]2CCC[C@@H]2CN)s1.Cl. The first-order valence-electron chi connectivity index (χ1n) is 7.22. The van der Waals surface area contributed by atoms with Gasteiger partial charge in [0.15, 0.2) is 0 Å². The fraction of sp³-hybridized carbons (Fsp3) is 0.786. The van der Waals surface area contributed by atoms with E-state index < -0.39 is 0 Å². The molecule has 3 N–H and O–H groups in total. The summed E-state index contributed by atoms with van der Waals surface area (Å²) in [6.45, 7) is 7.41. The summed E-state index contributed by atoms with van der Waals surface area (Å²) >= 11 is 1.57. The van der Waals surface area contributed by atoms with Crippen molar-refractivity contribution >= 4 is 29.7 Å². The Morgan fingerprint density at radius 3 is 2.67 bits per heavy atom. The van der Waals surface area contributed by atoms with Crippen molar-refractivity contribution in [3.05, 3.63) is 10.0 Å². The van der Waals surface area contributed by atoms with E-state index in [1.165, 1.54) is 0 Å². The van der Waals surface area contributed by atoms with Crippen LogP contribution in [0.2, 0.25) is 0 Å². The molecule has 2 rings (SSSR count). The van der Waals surface area contributed by atoms with Gasteiger partial charge in [-0.25, -0.2) is 0 Å². The molecular weight excluding hydrogens is 308 g/mol. The zero-order chi connectivity index (χ0) is 14.8. The van der Waals surface area contributed by atoms with Gasteiger partial charge >= 0.3 is 0 Å². The minimum Gasteiger partial charge on any atom is -0.349 e. The number of halogens is 1. The predicted octanol–water partition coefficient (Wildman–Crippen LogP) is 2.25. The van der Waals surface area contributed by atoms with Crippen molar-refractivity contribution in [2.24, 2.45) is 17.6 Å². The average Bonchev–Trinajstić information content (AvgIpc) is 3.03. The van der Waals surface area contributed by atoms with Gasteiger partial charge in [0.05, 0.1) is 6.54 Å². The summed E-state index contributed by atoms with van der Waals surface area (Å²) in [6, 6.07) is 0. The Morgan fingerprint density at radius 2 is 2.10 bits per heavy atom. The Balaban J connectivity index is 0.00000220. The second kappa shape index (κ2) is 7.51. The van der Waals surface area contributed by atoms with E-state index in [2.05, 4.69) is 36.3 Å². The highest BCUT2D eigenvalue weighted by molar-refractivity contribution is 7.11. The molecule has 7 heteroatoms. The Labute approximate surface area is 136 Å². The number of nitrogens with zero attached hydrogens (tertiary/aromatic N) is 2. The Kier molecular flexibility index (Phi) is 6.56. The third kappa shape index (κ3) is 4.63. The van der Waals surface area contributed by atoms with E-state index in [1.807, 2.05) is 0 Å². The van der Waals surface area contributed by atoms with Crippen LogP contribution in [0.5, 0.6) is 0 Å². The van der Waals surface area contributed by atoms with Crippen molar-refractivity contribution in [2.75, 3.05) is 6.54 Å². The van der Waals surface area contributed by atoms with Crippen LogP contribution in [0.3, 0.4) is 0 Å². The highest BCUT2D eigenvalue weighted by atomic mass is 35.5. The molecule has 1 amide bonds. The molecule has 0 bridgehead atoms. The number of aromatic nitrogens is 2. The van der Waals surface area contributed by atoms with Gasteiger partial charge in [0.2, 0.25) is 5.91 Å². The number of nitrogens with one attached hydrogen (secondary N) is 1. The number of hydrogen-bond donors (Lipinski definition) is 2. The van der Waals surface area contributed by atoms with Gasteiger partial charge in [-0.1, -0.05) is 38.5 Å². The van der Waals surface area contributed by atoms with Crippen molar-refractivity contribution in [1.29, 1.82) is 0 Å². The van der Waals surface area contributed by atoms with Crippen molar-refractivity contribution in [1.82, 2.24) is 15.5 Å². The van der Waals surface area contributed by atoms with Crippen LogP contribution >= 0.6 is 23.7 Å². The first-order chi connectivity index (χ1) is 9.41. The maximum absolute atomic E-state index is 12.2. The molecular formula is C14H25ClN4OS. The summed E-state index contributed by atoms with van der Waals surface area (Å²) in [7, 11) is 0. The van der Waals surface area contributed by atoms with E-state index in [0.29, 0.717) is 19.0 Å². The van der Waals surface area contributed by atoms with Gasteiger partial charge in [-0.2, -0.15) is 0 Å². The van der Waals surface area contributed by atoms with Gasteiger partial charge in [-0.3, -0.25) is 4.79 Å². The Morgan fingerprint density at radius 1 is 1.38 bits per heavy atom. The molecule has 0 aromatic carbocycles. The molecule has 1 aromatic rings. The van der Waals surface area contributed by atoms with Crippen molar-refractivity contribution in [2.45, 2.75) is 52.0 Å². The van der Waals surface area contributed by atoms with Gasteiger partial charge < -0.3 is 11.1 Å². The van der Waals surface area contributed by atoms with Crippen LogP contribution in [-0.2, 0) is 16.8 Å². The molecule has 1 heterocycles. The standard InChI is InChI=1S/C14H24N4OS.ClH/c1-14(2,3)13-18-17-11(20-13)8-16-12(19)10-6-4-5-9(10)7-15;/h9-10H,4-8,15H2,1-3H3,(H,16,19);1H/t9-,10-;/m1./s1. The number of amides is 1. The van der Waals surface area contributed by atoms with Gasteiger partial charge in [0.1, 0.15) is 10.0 Å². The normalized spacial score (nSPS) is 21.9. The van der Waals surface area contributed by atoms with E-state index in [1.54, 1.807) is 11.3 Å². The van der Waals surface area contributed by atoms with Crippen LogP contribution in [0.25, 0.3) is 0 Å². The highest BCUT2D eigenvalue weighted by Crippen LogP contribution is 2.31. The molecule has 21 heavy (non-hydrogen) atoms. The molecule has 2 atom stereocenters. The van der Waals surface area contributed by atoms with Crippen LogP contribution in [0, 0.1) is 11.8 Å². The monoisotopic (exact) mass is 332 g/mol. The van der Waals surface area contributed by atoms with E-state index in [4.69, 9.17) is 5.73 Å². The first-order valence-corrected chi connectivity index (χ1v) is 8.04. The molecule has 120 valence electrons. The van der Waals surface area contributed by atoms with E-state index in [0.717, 1.165) is 29.3 Å². The van der Waals surface area contributed by atoms with Gasteiger partial charge in [-0.15, -0.1) is 22.6 Å². The van der Waals surface area contributed by atoms with Crippen LogP contribution in [0.15, 0.2) is 0 Å². The van der Waals surface area contributed by atoms with Crippen LogP contribution in [-0.4, -0.2) is 22.6 Å². The quantitative estimate of drug-likeness (QED) is 0.886. The molecule has 5 nitrogen and oxygen atoms in total. The van der Waals surface area contributed by atoms with Crippen molar-refractivity contribution in [3.8, 4) is 0 Å². The summed E-state index contributed by atoms with van der Waals surface area (Å²) < 4.78 is 0. The average molecular weight is 333 g/mol. The minimum absolute atomic E-state index is 0. The summed E-state index contributed by atoms with van der Waals surface area (Å²) in [5, 5.41) is 13.2. The van der Waals surface area contributed by atoms with Gasteiger partial charge in [0.25, 0.3) is 0 Å². The summed E-state index contributed by atoms with van der Waals surface area (Å²) in [5.41, 5.74) is 5.73. The first kappa shape index (κ1) is 18.3. The lowest BCUT2D eigenvalue weighted by molar-refractivity contribution is -0.126. The molecule has 1 aromatic heterocycles. The largest absolute Gasteiger partial charge is 0.349 e. The zero-order valence-corrected chi connectivity index (χ0v) is 14.5. The maximum Gasteiger partial charge on any atom is 0.223 e. The third-order valence-corrected chi connectivity index (χ3v) is 5.17. The van der Waals surface area contributed by atoms with Gasteiger partial charge in [-0.05, 0) is 25.3 Å². The molecule has 0 unspecified atom stereocenters. The molecule has 1 aliphatic carbocycles. The maximum atomic E-state index is 12.2. The molecule has 1 fully saturated rings. The lowest BCUT2D eigenvalue weighted by atomic mass is 9.95. The van der Waals surface area contributed by atoms with E-state index in [9.17, 15) is 4.79 Å². The number of nitrogens with two attached hydrogens (primary N) is 1. The van der Waals surface area contributed by atoms with Crippen LogP contribution in [0.4, 0.5) is 0 Å². The highest BCUT2D eigenvalue weighted by Gasteiger charge is 2.31. The fourth-order valence-corrected chi connectivity index (χ4v) is 3.42. The van der Waals surface area contributed by atoms with Crippen molar-refractivity contribution < 1.29 is 4.79 Å². The minimum atomic E-state index is 0. The smallest absolute Gasteiger partial charge is 0.223 e. The lowest BCUT2D eigenvalue weighted by Crippen LogP contribution is -2.34. The topological polar surface area (TPSA) is 80.9 Å². The lowest BCUT2D eigenvalue weighted by Gasteiger charge is -2.16. The summed E-state index contributed by atoms with van der Waals surface area (Å²) in [5.74, 6) is 0.537. The van der Waals surface area contributed by atoms with Crippen LogP contribution in [0.1, 0.15) is 50.0 Å². The summed E-state index contributed by atoms with van der Waals surface area (Å²) in [4.78, 5) is 12.2. The number of hydrogen-bond acceptors (Lipinski definition) is 5. The Hall–Kier alpha value is -0.720. The number of rotatable bonds is 4.